The van der Waals surface area contributed by atoms with E-state index in [4.69, 9.17) is 4.74 Å². The predicted octanol–water partition coefficient (Wildman–Crippen LogP) is 0.487. The highest BCUT2D eigenvalue weighted by Gasteiger charge is 2.46. The molecule has 0 radical (unpaired) electrons. The van der Waals surface area contributed by atoms with Crippen LogP contribution in [0.15, 0.2) is 83.9 Å². The molecule has 1 amide bonds. The van der Waals surface area contributed by atoms with Crippen LogP contribution in [0, 0.1) is 0 Å². The second-order valence-electron chi connectivity index (χ2n) is 8.09. The molecule has 14 heteroatoms. The number of ether oxygens (including phenoxy) is 1. The molecule has 1 aromatic heterocycles. The molecular weight excluding hydrogens is 524 g/mol. The minimum Gasteiger partial charge on any atom is -0.480 e. The number of nitrogens with zero attached hydrogens (tertiary/aromatic N) is 2. The fourth-order valence-corrected chi connectivity index (χ4v) is 6.33. The summed E-state index contributed by atoms with van der Waals surface area (Å²) in [5.41, 5.74) is 0.845. The van der Waals surface area contributed by atoms with Crippen LogP contribution >= 0.6 is 0 Å². The van der Waals surface area contributed by atoms with Crippen LogP contribution < -0.4 is 10.0 Å². The highest BCUT2D eigenvalue weighted by Crippen LogP contribution is 2.22. The molecule has 2 atom stereocenters. The average Bonchev–Trinajstić information content (AvgIpc) is 3.42. The lowest BCUT2D eigenvalue weighted by molar-refractivity contribution is -0.142. The zero-order valence-corrected chi connectivity index (χ0v) is 20.9. The number of hydrogen-bond acceptors (Lipinski definition) is 8. The molecule has 0 spiro atoms. The quantitative estimate of drug-likeness (QED) is 0.309. The van der Waals surface area contributed by atoms with Crippen molar-refractivity contribution in [2.45, 2.75) is 30.3 Å². The summed E-state index contributed by atoms with van der Waals surface area (Å²) in [4.78, 5) is 24.4. The molecule has 2 heterocycles. The van der Waals surface area contributed by atoms with Crippen molar-refractivity contribution in [2.24, 2.45) is 0 Å². The number of amides is 1. The summed E-state index contributed by atoms with van der Waals surface area (Å²) in [6, 6.07) is 17.9. The summed E-state index contributed by atoms with van der Waals surface area (Å²) in [6.07, 6.45) is -0.357. The number of carboxylic acid groups (broad SMARTS) is 1. The Morgan fingerprint density at radius 3 is 2.35 bits per heavy atom. The molecule has 1 saturated heterocycles. The molecule has 37 heavy (non-hydrogen) atoms. The van der Waals surface area contributed by atoms with Gasteiger partial charge in [-0.2, -0.15) is 12.7 Å². The SMILES string of the molecule is O=C(O)[C@H](COCc1ccccc1)N[C@H]1C(=O)NS(=O)(=O)N1Cc1cccn1S(=O)(=O)c1ccccc1. The van der Waals surface area contributed by atoms with E-state index >= 15 is 0 Å². The zero-order valence-electron chi connectivity index (χ0n) is 19.3. The molecule has 3 aromatic rings. The van der Waals surface area contributed by atoms with Crippen LogP contribution in [-0.4, -0.2) is 60.9 Å². The Labute approximate surface area is 213 Å². The summed E-state index contributed by atoms with van der Waals surface area (Å²) >= 11 is 0. The second kappa shape index (κ2) is 10.8. The maximum absolute atomic E-state index is 13.1. The second-order valence-corrected chi connectivity index (χ2v) is 11.5. The Morgan fingerprint density at radius 1 is 1.05 bits per heavy atom. The van der Waals surface area contributed by atoms with Gasteiger partial charge in [0, 0.05) is 11.9 Å². The Balaban J connectivity index is 1.54. The molecule has 12 nitrogen and oxygen atoms in total. The Morgan fingerprint density at radius 2 is 1.70 bits per heavy atom. The van der Waals surface area contributed by atoms with Crippen molar-refractivity contribution in [3.05, 3.63) is 90.3 Å². The lowest BCUT2D eigenvalue weighted by atomic mass is 10.2. The number of aliphatic carboxylic acids is 1. The largest absolute Gasteiger partial charge is 0.480 e. The molecule has 0 unspecified atom stereocenters. The number of carbonyl (C=O) groups excluding carboxylic acids is 1. The standard InChI is InChI=1S/C23H24N4O8S2/c28-22-21(24-20(23(29)30)16-35-15-17-8-3-1-4-9-17)27(37(33,34)25-22)14-18-10-7-13-26(18)36(31,32)19-11-5-2-6-12-19/h1-13,20-21,24H,14-16H2,(H,25,28)(H,29,30)/t20-,21+/m0/s1. The van der Waals surface area contributed by atoms with Crippen molar-refractivity contribution < 1.29 is 36.3 Å². The van der Waals surface area contributed by atoms with Gasteiger partial charge in [0.2, 0.25) is 0 Å². The Kier molecular flexibility index (Phi) is 7.75. The Hall–Kier alpha value is -3.56. The average molecular weight is 549 g/mol. The van der Waals surface area contributed by atoms with Gasteiger partial charge in [0.05, 0.1) is 24.7 Å². The fourth-order valence-electron chi connectivity index (χ4n) is 3.72. The molecule has 3 N–H and O–H groups in total. The molecule has 1 aliphatic rings. The van der Waals surface area contributed by atoms with E-state index < -0.39 is 50.9 Å². The first kappa shape index (κ1) is 26.5. The molecule has 0 saturated carbocycles. The lowest BCUT2D eigenvalue weighted by Crippen LogP contribution is -2.54. The summed E-state index contributed by atoms with van der Waals surface area (Å²) in [7, 11) is -8.45. The van der Waals surface area contributed by atoms with Crippen LogP contribution in [0.4, 0.5) is 0 Å². The minimum absolute atomic E-state index is 0.0119. The number of aromatic nitrogens is 1. The summed E-state index contributed by atoms with van der Waals surface area (Å²) in [6.45, 7) is -0.786. The van der Waals surface area contributed by atoms with Gasteiger partial charge < -0.3 is 9.84 Å². The van der Waals surface area contributed by atoms with E-state index in [1.165, 1.54) is 30.5 Å². The van der Waals surface area contributed by atoms with Crippen molar-refractivity contribution in [3.63, 3.8) is 0 Å². The summed E-state index contributed by atoms with van der Waals surface area (Å²) < 4.78 is 60.5. The van der Waals surface area contributed by atoms with Gasteiger partial charge in [-0.05, 0) is 29.8 Å². The number of carbonyl (C=O) groups is 2. The van der Waals surface area contributed by atoms with E-state index in [0.29, 0.717) is 4.31 Å². The van der Waals surface area contributed by atoms with Crippen molar-refractivity contribution in [2.75, 3.05) is 6.61 Å². The molecule has 0 bridgehead atoms. The van der Waals surface area contributed by atoms with Crippen LogP contribution in [0.3, 0.4) is 0 Å². The first-order valence-electron chi connectivity index (χ1n) is 11.0. The maximum Gasteiger partial charge on any atom is 0.323 e. The number of rotatable bonds is 11. The van der Waals surface area contributed by atoms with Crippen molar-refractivity contribution in [3.8, 4) is 0 Å². The third-order valence-electron chi connectivity index (χ3n) is 5.54. The van der Waals surface area contributed by atoms with Gasteiger partial charge in [0.1, 0.15) is 6.04 Å². The molecule has 0 aliphatic carbocycles. The van der Waals surface area contributed by atoms with Gasteiger partial charge in [-0.3, -0.25) is 14.9 Å². The molecular formula is C23H24N4O8S2. The Bertz CT molecular complexity index is 1480. The maximum atomic E-state index is 13.1. The van der Waals surface area contributed by atoms with E-state index in [9.17, 15) is 31.5 Å². The van der Waals surface area contributed by atoms with Gasteiger partial charge >= 0.3 is 16.2 Å². The number of carboxylic acids is 1. The van der Waals surface area contributed by atoms with Crippen molar-refractivity contribution in [1.82, 2.24) is 18.3 Å². The monoisotopic (exact) mass is 548 g/mol. The highest BCUT2D eigenvalue weighted by atomic mass is 32.2. The zero-order chi connectivity index (χ0) is 26.6. The predicted molar refractivity (Wildman–Crippen MR) is 131 cm³/mol. The third kappa shape index (κ3) is 5.89. The first-order chi connectivity index (χ1) is 17.6. The van der Waals surface area contributed by atoms with Crippen molar-refractivity contribution in [1.29, 1.82) is 0 Å². The van der Waals surface area contributed by atoms with E-state index in [0.717, 1.165) is 9.54 Å². The van der Waals surface area contributed by atoms with Crippen LogP contribution in [0.2, 0.25) is 0 Å². The first-order valence-corrected chi connectivity index (χ1v) is 13.9. The van der Waals surface area contributed by atoms with Crippen LogP contribution in [0.1, 0.15) is 11.3 Å². The number of hydrogen-bond donors (Lipinski definition) is 3. The molecule has 1 aliphatic heterocycles. The van der Waals surface area contributed by atoms with Crippen LogP contribution in [0.5, 0.6) is 0 Å². The van der Waals surface area contributed by atoms with E-state index in [2.05, 4.69) is 5.32 Å². The topological polar surface area (TPSA) is 164 Å². The molecule has 4 rings (SSSR count). The normalized spacial score (nSPS) is 18.4. The number of nitrogens with one attached hydrogen (secondary N) is 2. The van der Waals surface area contributed by atoms with E-state index in [1.807, 2.05) is 10.8 Å². The van der Waals surface area contributed by atoms with Crippen LogP contribution in [0.25, 0.3) is 0 Å². The lowest BCUT2D eigenvalue weighted by Gasteiger charge is -2.24. The van der Waals surface area contributed by atoms with E-state index in [1.54, 1.807) is 42.5 Å². The van der Waals surface area contributed by atoms with E-state index in [-0.39, 0.29) is 23.8 Å². The van der Waals surface area contributed by atoms with Gasteiger partial charge in [-0.15, -0.1) is 0 Å². The smallest absolute Gasteiger partial charge is 0.323 e. The van der Waals surface area contributed by atoms with Gasteiger partial charge in [-0.25, -0.2) is 17.1 Å². The molecule has 2 aromatic carbocycles. The van der Waals surface area contributed by atoms with Gasteiger partial charge in [0.25, 0.3) is 15.9 Å². The van der Waals surface area contributed by atoms with Crippen molar-refractivity contribution >= 4 is 32.1 Å². The van der Waals surface area contributed by atoms with Gasteiger partial charge in [0.15, 0.2) is 6.17 Å². The van der Waals surface area contributed by atoms with Crippen LogP contribution in [-0.2, 0) is 47.7 Å². The third-order valence-corrected chi connectivity index (χ3v) is 8.70. The molecule has 1 fully saturated rings. The highest BCUT2D eigenvalue weighted by molar-refractivity contribution is 7.90. The fraction of sp³-hybridized carbons (Fsp3) is 0.217. The number of benzene rings is 2. The summed E-state index contributed by atoms with van der Waals surface area (Å²) in [5, 5.41) is 12.2. The summed E-state index contributed by atoms with van der Waals surface area (Å²) in [5.74, 6) is -2.36. The molecule has 196 valence electrons. The van der Waals surface area contributed by atoms with Gasteiger partial charge in [-0.1, -0.05) is 48.5 Å². The minimum atomic E-state index is -4.39.